The van der Waals surface area contributed by atoms with Gasteiger partial charge in [-0.25, -0.2) is 0 Å². The molecular formula is C22H25N5S. The van der Waals surface area contributed by atoms with Crippen LogP contribution in [0.3, 0.4) is 0 Å². The highest BCUT2D eigenvalue weighted by molar-refractivity contribution is 7.80. The first-order valence-corrected chi connectivity index (χ1v) is 10.2. The van der Waals surface area contributed by atoms with Gasteiger partial charge in [0.05, 0.1) is 17.8 Å². The minimum atomic E-state index is 0.0353. The maximum Gasteiger partial charge on any atom is 0.170 e. The lowest BCUT2D eigenvalue weighted by atomic mass is 10.0. The molecule has 4 rings (SSSR count). The molecule has 2 atom stereocenters. The van der Waals surface area contributed by atoms with E-state index in [0.717, 1.165) is 36.7 Å². The van der Waals surface area contributed by atoms with Crippen LogP contribution < -0.4 is 5.32 Å². The van der Waals surface area contributed by atoms with Crippen molar-refractivity contribution in [3.63, 3.8) is 0 Å². The Morgan fingerprint density at radius 1 is 1.11 bits per heavy atom. The molecule has 1 fully saturated rings. The summed E-state index contributed by atoms with van der Waals surface area (Å²) in [6.45, 7) is 3.94. The fraction of sp³-hybridized carbons (Fsp3) is 0.318. The van der Waals surface area contributed by atoms with Crippen molar-refractivity contribution in [1.29, 1.82) is 0 Å². The van der Waals surface area contributed by atoms with E-state index in [-0.39, 0.29) is 12.1 Å². The van der Waals surface area contributed by atoms with Gasteiger partial charge in [-0.1, -0.05) is 25.5 Å². The number of hydrogen-bond acceptors (Lipinski definition) is 3. The van der Waals surface area contributed by atoms with Crippen LogP contribution in [0.15, 0.2) is 67.3 Å². The first-order chi connectivity index (χ1) is 13.8. The Hall–Kier alpha value is -2.73. The Balaban J connectivity index is 1.70. The van der Waals surface area contributed by atoms with E-state index >= 15 is 0 Å². The first-order valence-electron chi connectivity index (χ1n) is 9.80. The maximum absolute atomic E-state index is 5.72. The number of aromatic nitrogens is 3. The molecule has 144 valence electrons. The Kier molecular flexibility index (Phi) is 5.67. The zero-order valence-corrected chi connectivity index (χ0v) is 16.8. The summed E-state index contributed by atoms with van der Waals surface area (Å²) in [5.74, 6) is 0. The highest BCUT2D eigenvalue weighted by atomic mass is 32.1. The smallest absolute Gasteiger partial charge is 0.170 e. The van der Waals surface area contributed by atoms with E-state index in [0.29, 0.717) is 0 Å². The number of nitrogens with one attached hydrogen (secondary N) is 1. The molecule has 3 aromatic rings. The van der Waals surface area contributed by atoms with Gasteiger partial charge in [0.2, 0.25) is 0 Å². The zero-order valence-electron chi connectivity index (χ0n) is 16.0. The molecule has 0 amide bonds. The topological polar surface area (TPSA) is 46.0 Å². The van der Waals surface area contributed by atoms with Gasteiger partial charge in [-0.2, -0.15) is 0 Å². The molecule has 0 saturated carbocycles. The zero-order chi connectivity index (χ0) is 19.3. The number of nitrogens with zero attached hydrogens (tertiary/aromatic N) is 4. The maximum atomic E-state index is 5.72. The number of rotatable bonds is 7. The molecule has 0 radical (unpaired) electrons. The van der Waals surface area contributed by atoms with Gasteiger partial charge in [-0.15, -0.1) is 0 Å². The van der Waals surface area contributed by atoms with Crippen LogP contribution in [0.2, 0.25) is 0 Å². The summed E-state index contributed by atoms with van der Waals surface area (Å²) in [5, 5.41) is 4.34. The minimum absolute atomic E-state index is 0.0353. The van der Waals surface area contributed by atoms with Crippen LogP contribution in [0.4, 0.5) is 0 Å². The second-order valence-corrected chi connectivity index (χ2v) is 7.48. The predicted molar refractivity (Wildman–Crippen MR) is 115 cm³/mol. The SMILES string of the molecule is CCCCN1C(=S)N[C@H](c2ccccn2)[C@H]1c1cccn1Cc1cccnc1. The van der Waals surface area contributed by atoms with Gasteiger partial charge in [0, 0.05) is 43.6 Å². The van der Waals surface area contributed by atoms with E-state index in [1.54, 1.807) is 0 Å². The number of pyridine rings is 2. The van der Waals surface area contributed by atoms with E-state index < -0.39 is 0 Å². The van der Waals surface area contributed by atoms with Crippen LogP contribution in [0.1, 0.15) is 48.8 Å². The lowest BCUT2D eigenvalue weighted by Gasteiger charge is -2.29. The van der Waals surface area contributed by atoms with Gasteiger partial charge in [0.25, 0.3) is 0 Å². The summed E-state index contributed by atoms with van der Waals surface area (Å²) in [6, 6.07) is 14.6. The van der Waals surface area contributed by atoms with E-state index in [4.69, 9.17) is 12.2 Å². The molecule has 5 nitrogen and oxygen atoms in total. The summed E-state index contributed by atoms with van der Waals surface area (Å²) < 4.78 is 2.30. The molecule has 0 unspecified atom stereocenters. The van der Waals surface area contributed by atoms with Crippen LogP contribution in [0.25, 0.3) is 0 Å². The van der Waals surface area contributed by atoms with Gasteiger partial charge >= 0.3 is 0 Å². The van der Waals surface area contributed by atoms with E-state index in [2.05, 4.69) is 62.1 Å². The van der Waals surface area contributed by atoms with Crippen LogP contribution in [-0.2, 0) is 6.54 Å². The van der Waals surface area contributed by atoms with Crippen molar-refractivity contribution in [2.45, 2.75) is 38.4 Å². The summed E-state index contributed by atoms with van der Waals surface area (Å²) in [6.07, 6.45) is 9.96. The average Bonchev–Trinajstić information content (AvgIpc) is 3.31. The summed E-state index contributed by atoms with van der Waals surface area (Å²) in [4.78, 5) is 11.2. The number of unbranched alkanes of at least 4 members (excludes halogenated alkanes) is 1. The molecule has 0 spiro atoms. The molecule has 4 heterocycles. The van der Waals surface area contributed by atoms with Crippen molar-refractivity contribution in [2.24, 2.45) is 0 Å². The van der Waals surface area contributed by atoms with E-state index in [9.17, 15) is 0 Å². The van der Waals surface area contributed by atoms with E-state index in [1.807, 2.05) is 36.8 Å². The second kappa shape index (κ2) is 8.52. The van der Waals surface area contributed by atoms with Gasteiger partial charge < -0.3 is 14.8 Å². The molecule has 0 bridgehead atoms. The van der Waals surface area contributed by atoms with Crippen molar-refractivity contribution < 1.29 is 0 Å². The summed E-state index contributed by atoms with van der Waals surface area (Å²) in [7, 11) is 0. The van der Waals surface area contributed by atoms with Crippen molar-refractivity contribution >= 4 is 17.3 Å². The molecule has 1 N–H and O–H groups in total. The quantitative estimate of drug-likeness (QED) is 0.615. The van der Waals surface area contributed by atoms with Crippen molar-refractivity contribution in [1.82, 2.24) is 24.8 Å². The summed E-state index contributed by atoms with van der Waals surface area (Å²) in [5.41, 5.74) is 3.44. The van der Waals surface area contributed by atoms with Crippen molar-refractivity contribution in [3.05, 3.63) is 84.2 Å². The molecule has 1 aliphatic rings. The number of hydrogen-bond donors (Lipinski definition) is 1. The minimum Gasteiger partial charge on any atom is -0.352 e. The molecule has 28 heavy (non-hydrogen) atoms. The van der Waals surface area contributed by atoms with Gasteiger partial charge in [-0.3, -0.25) is 9.97 Å². The molecule has 3 aromatic heterocycles. The Labute approximate surface area is 171 Å². The van der Waals surface area contributed by atoms with E-state index in [1.165, 1.54) is 11.3 Å². The molecule has 0 aliphatic carbocycles. The predicted octanol–water partition coefficient (Wildman–Crippen LogP) is 4.10. The van der Waals surface area contributed by atoms with Crippen LogP contribution in [-0.4, -0.2) is 31.1 Å². The van der Waals surface area contributed by atoms with Gasteiger partial charge in [0.1, 0.15) is 0 Å². The highest BCUT2D eigenvalue weighted by Gasteiger charge is 2.40. The fourth-order valence-electron chi connectivity index (χ4n) is 3.82. The highest BCUT2D eigenvalue weighted by Crippen LogP contribution is 2.39. The Morgan fingerprint density at radius 2 is 2.04 bits per heavy atom. The largest absolute Gasteiger partial charge is 0.352 e. The van der Waals surface area contributed by atoms with Crippen LogP contribution in [0, 0.1) is 0 Å². The van der Waals surface area contributed by atoms with Gasteiger partial charge in [0.15, 0.2) is 5.11 Å². The van der Waals surface area contributed by atoms with Crippen LogP contribution in [0.5, 0.6) is 0 Å². The third kappa shape index (κ3) is 3.78. The van der Waals surface area contributed by atoms with Crippen LogP contribution >= 0.6 is 12.2 Å². The lowest BCUT2D eigenvalue weighted by Crippen LogP contribution is -2.31. The number of thiocarbonyl (C=S) groups is 1. The molecule has 1 aliphatic heterocycles. The first kappa shape index (κ1) is 18.6. The standard InChI is InChI=1S/C22H25N5S/c1-2-3-14-27-21(20(25-22(27)28)18-9-4-5-12-24-18)19-10-7-13-26(19)16-17-8-6-11-23-15-17/h4-13,15,20-21H,2-3,14,16H2,1H3,(H,25,28)/t20-,21-/m1/s1. The normalized spacial score (nSPS) is 19.0. The summed E-state index contributed by atoms with van der Waals surface area (Å²) >= 11 is 5.72. The Bertz CT molecular complexity index is 909. The van der Waals surface area contributed by atoms with Gasteiger partial charge in [-0.05, 0) is 54.5 Å². The molecule has 0 aromatic carbocycles. The lowest BCUT2D eigenvalue weighted by molar-refractivity contribution is 0.300. The molecule has 6 heteroatoms. The third-order valence-electron chi connectivity index (χ3n) is 5.19. The van der Waals surface area contributed by atoms with Crippen molar-refractivity contribution in [3.8, 4) is 0 Å². The fourth-order valence-corrected chi connectivity index (χ4v) is 4.16. The monoisotopic (exact) mass is 391 g/mol. The Morgan fingerprint density at radius 3 is 2.79 bits per heavy atom. The average molecular weight is 392 g/mol. The second-order valence-electron chi connectivity index (χ2n) is 7.10. The molecule has 1 saturated heterocycles. The molecular weight excluding hydrogens is 366 g/mol. The third-order valence-corrected chi connectivity index (χ3v) is 5.55. The van der Waals surface area contributed by atoms with Crippen molar-refractivity contribution in [2.75, 3.05) is 6.54 Å².